The molecule has 0 aromatic carbocycles. The lowest BCUT2D eigenvalue weighted by Gasteiger charge is -2.19. The van der Waals surface area contributed by atoms with E-state index in [1.165, 1.54) is 0 Å². The Morgan fingerprint density at radius 2 is 2.23 bits per heavy atom. The Morgan fingerprint density at radius 3 is 2.77 bits per heavy atom. The van der Waals surface area contributed by atoms with Crippen LogP contribution in [-0.4, -0.2) is 37.3 Å². The maximum absolute atomic E-state index is 5.19. The van der Waals surface area contributed by atoms with E-state index in [0.29, 0.717) is 6.04 Å². The zero-order chi connectivity index (χ0) is 10.1. The van der Waals surface area contributed by atoms with Crippen LogP contribution in [0.1, 0.15) is 13.8 Å². The summed E-state index contributed by atoms with van der Waals surface area (Å²) in [5, 5.41) is 3.38. The van der Waals surface area contributed by atoms with Crippen molar-refractivity contribution in [1.29, 1.82) is 0 Å². The third-order valence-electron chi connectivity index (χ3n) is 1.97. The average molecular weight is 201 g/mol. The van der Waals surface area contributed by atoms with E-state index < -0.39 is 0 Å². The van der Waals surface area contributed by atoms with Gasteiger partial charge in [-0.3, -0.25) is 0 Å². The second-order valence-electron chi connectivity index (χ2n) is 2.94. The highest BCUT2D eigenvalue weighted by Crippen LogP contribution is 1.98. The molecule has 2 unspecified atom stereocenters. The quantitative estimate of drug-likeness (QED) is 0.496. The summed E-state index contributed by atoms with van der Waals surface area (Å²) >= 11 is 1.78. The van der Waals surface area contributed by atoms with Gasteiger partial charge in [0.25, 0.3) is 0 Å². The molecule has 0 aliphatic rings. The summed E-state index contributed by atoms with van der Waals surface area (Å²) < 4.78 is 5.19. The maximum atomic E-state index is 5.19. The van der Waals surface area contributed by atoms with E-state index in [0.717, 1.165) is 18.1 Å². The highest BCUT2D eigenvalue weighted by Gasteiger charge is 2.08. The molecule has 0 spiro atoms. The summed E-state index contributed by atoms with van der Waals surface area (Å²) in [6, 6.07) is 0.399. The van der Waals surface area contributed by atoms with E-state index in [1.807, 2.05) is 0 Å². The lowest BCUT2D eigenvalue weighted by atomic mass is 10.2. The molecule has 0 aromatic rings. The second-order valence-corrected chi connectivity index (χ2v) is 4.05. The van der Waals surface area contributed by atoms with Gasteiger partial charge in [0.2, 0.25) is 0 Å². The molecule has 0 bridgehead atoms. The lowest BCUT2D eigenvalue weighted by molar-refractivity contribution is 0.0895. The van der Waals surface area contributed by atoms with Crippen molar-refractivity contribution in [2.45, 2.75) is 26.0 Å². The Bertz CT molecular complexity index is 155. The molecule has 0 amide bonds. The Balaban J connectivity index is 3.27. The molecular formula is C10H19NOS. The van der Waals surface area contributed by atoms with Gasteiger partial charge in [-0.25, -0.2) is 0 Å². The van der Waals surface area contributed by atoms with Crippen molar-refractivity contribution in [2.24, 2.45) is 0 Å². The molecule has 0 aliphatic heterocycles. The molecule has 2 nitrogen and oxygen atoms in total. The topological polar surface area (TPSA) is 21.3 Å². The Hall–Kier alpha value is -0.170. The van der Waals surface area contributed by atoms with Crippen LogP contribution in [0.2, 0.25) is 0 Å². The molecule has 13 heavy (non-hydrogen) atoms. The van der Waals surface area contributed by atoms with Crippen LogP contribution in [0.15, 0.2) is 0 Å². The molecule has 1 N–H and O–H groups in total. The fourth-order valence-corrected chi connectivity index (χ4v) is 1.38. The number of ether oxygens (including phenoxy) is 1. The van der Waals surface area contributed by atoms with Crippen LogP contribution in [0, 0.1) is 12.3 Å². The summed E-state index contributed by atoms with van der Waals surface area (Å²) in [5.41, 5.74) is 0. The molecule has 76 valence electrons. The monoisotopic (exact) mass is 201 g/mol. The predicted octanol–water partition coefficient (Wildman–Crippen LogP) is 1.37. The lowest BCUT2D eigenvalue weighted by Crippen LogP contribution is -2.37. The Kier molecular flexibility index (Phi) is 8.32. The molecule has 0 aromatic heterocycles. The van der Waals surface area contributed by atoms with Crippen LogP contribution in [0.5, 0.6) is 0 Å². The van der Waals surface area contributed by atoms with E-state index in [-0.39, 0.29) is 6.10 Å². The molecule has 0 fully saturated rings. The van der Waals surface area contributed by atoms with Crippen LogP contribution < -0.4 is 5.32 Å². The zero-order valence-electron chi connectivity index (χ0n) is 8.67. The molecule has 0 saturated carbocycles. The summed E-state index contributed by atoms with van der Waals surface area (Å²) in [6.07, 6.45) is 5.39. The highest BCUT2D eigenvalue weighted by molar-refractivity contribution is 7.99. The first-order chi connectivity index (χ1) is 6.22. The van der Waals surface area contributed by atoms with Crippen LogP contribution in [0.25, 0.3) is 0 Å². The molecule has 3 heteroatoms. The van der Waals surface area contributed by atoms with E-state index >= 15 is 0 Å². The van der Waals surface area contributed by atoms with Crippen LogP contribution >= 0.6 is 11.8 Å². The maximum Gasteiger partial charge on any atom is 0.0693 e. The van der Waals surface area contributed by atoms with Crippen molar-refractivity contribution in [2.75, 3.05) is 25.2 Å². The fraction of sp³-hybridized carbons (Fsp3) is 0.800. The Morgan fingerprint density at radius 1 is 1.54 bits per heavy atom. The molecule has 0 saturated heterocycles. The Labute approximate surface area is 85.8 Å². The van der Waals surface area contributed by atoms with Crippen molar-refractivity contribution in [3.8, 4) is 12.3 Å². The van der Waals surface area contributed by atoms with Gasteiger partial charge in [0.05, 0.1) is 11.9 Å². The van der Waals surface area contributed by atoms with Gasteiger partial charge in [-0.05, 0) is 13.8 Å². The first-order valence-electron chi connectivity index (χ1n) is 4.49. The van der Waals surface area contributed by atoms with Crippen molar-refractivity contribution in [1.82, 2.24) is 5.32 Å². The molecule has 0 rings (SSSR count). The number of nitrogens with one attached hydrogen (secondary N) is 1. The number of terminal acetylenes is 1. The number of hydrogen-bond acceptors (Lipinski definition) is 3. The number of rotatable bonds is 7. The van der Waals surface area contributed by atoms with Crippen LogP contribution in [0.4, 0.5) is 0 Å². The van der Waals surface area contributed by atoms with Crippen molar-refractivity contribution < 1.29 is 4.74 Å². The predicted molar refractivity (Wildman–Crippen MR) is 60.1 cm³/mol. The highest BCUT2D eigenvalue weighted by atomic mass is 32.2. The van der Waals surface area contributed by atoms with E-state index in [9.17, 15) is 0 Å². The first kappa shape index (κ1) is 12.8. The molecule has 0 heterocycles. The first-order valence-corrected chi connectivity index (χ1v) is 5.65. The number of methoxy groups -OCH3 is 1. The second kappa shape index (κ2) is 8.43. The van der Waals surface area contributed by atoms with Crippen molar-refractivity contribution >= 4 is 11.8 Å². The summed E-state index contributed by atoms with van der Waals surface area (Å²) in [7, 11) is 1.73. The minimum atomic E-state index is 0.262. The van der Waals surface area contributed by atoms with Gasteiger partial charge in [0.15, 0.2) is 0 Å². The van der Waals surface area contributed by atoms with Crippen LogP contribution in [0.3, 0.4) is 0 Å². The molecule has 0 radical (unpaired) electrons. The van der Waals surface area contributed by atoms with E-state index in [4.69, 9.17) is 11.2 Å². The minimum Gasteiger partial charge on any atom is -0.380 e. The number of hydrogen-bond donors (Lipinski definition) is 1. The standard InChI is InChI=1S/C10H19NOS/c1-5-7-13-8-6-11-9(2)10(3)12-4/h1,9-11H,6-8H2,2-4H3. The van der Waals surface area contributed by atoms with Gasteiger partial charge < -0.3 is 10.1 Å². The smallest absolute Gasteiger partial charge is 0.0693 e. The fourth-order valence-electron chi connectivity index (χ4n) is 0.860. The largest absolute Gasteiger partial charge is 0.380 e. The van der Waals surface area contributed by atoms with Crippen LogP contribution in [-0.2, 0) is 4.74 Å². The molecule has 0 aliphatic carbocycles. The zero-order valence-corrected chi connectivity index (χ0v) is 9.49. The van der Waals surface area contributed by atoms with Gasteiger partial charge in [0.1, 0.15) is 0 Å². The third-order valence-corrected chi connectivity index (χ3v) is 2.84. The molecular weight excluding hydrogens is 182 g/mol. The minimum absolute atomic E-state index is 0.262. The summed E-state index contributed by atoms with van der Waals surface area (Å²) in [6.45, 7) is 5.17. The summed E-state index contributed by atoms with van der Waals surface area (Å²) in [4.78, 5) is 0. The van der Waals surface area contributed by atoms with Crippen molar-refractivity contribution in [3.63, 3.8) is 0 Å². The van der Waals surface area contributed by atoms with Gasteiger partial charge in [0, 0.05) is 25.4 Å². The van der Waals surface area contributed by atoms with Gasteiger partial charge in [-0.15, -0.1) is 18.2 Å². The molecule has 2 atom stereocenters. The van der Waals surface area contributed by atoms with Gasteiger partial charge in [-0.1, -0.05) is 5.92 Å². The van der Waals surface area contributed by atoms with E-state index in [1.54, 1.807) is 18.9 Å². The average Bonchev–Trinajstić information content (AvgIpc) is 2.16. The van der Waals surface area contributed by atoms with Gasteiger partial charge >= 0.3 is 0 Å². The van der Waals surface area contributed by atoms with Crippen molar-refractivity contribution in [3.05, 3.63) is 0 Å². The summed E-state index contributed by atoms with van der Waals surface area (Å²) in [5.74, 6) is 4.46. The SMILES string of the molecule is C#CCSCCNC(C)C(C)OC. The van der Waals surface area contributed by atoms with E-state index in [2.05, 4.69) is 25.1 Å². The third kappa shape index (κ3) is 6.94. The van der Waals surface area contributed by atoms with Gasteiger partial charge in [-0.2, -0.15) is 0 Å². The normalized spacial score (nSPS) is 14.9. The number of thioether (sulfide) groups is 1.